The lowest BCUT2D eigenvalue weighted by Crippen LogP contribution is -2.56. The smallest absolute Gasteiger partial charge is 0.236 e. The van der Waals surface area contributed by atoms with Gasteiger partial charge in [-0.1, -0.05) is 6.92 Å². The summed E-state index contributed by atoms with van der Waals surface area (Å²) in [5, 5.41) is 10.5. The molecule has 94 valence electrons. The molecule has 0 aromatic carbocycles. The van der Waals surface area contributed by atoms with Crippen LogP contribution >= 0.6 is 0 Å². The van der Waals surface area contributed by atoms with Crippen LogP contribution in [0, 0.1) is 5.41 Å². The fraction of sp³-hybridized carbons (Fsp3) is 0.800. The minimum Gasteiger partial charge on any atom is -0.380 e. The zero-order valence-corrected chi connectivity index (χ0v) is 9.95. The third kappa shape index (κ3) is 5.20. The van der Waals surface area contributed by atoms with Gasteiger partial charge in [0.15, 0.2) is 0 Å². The predicted molar refractivity (Wildman–Crippen MR) is 63.5 cm³/mol. The van der Waals surface area contributed by atoms with Crippen molar-refractivity contribution >= 4 is 11.6 Å². The summed E-state index contributed by atoms with van der Waals surface area (Å²) in [4.78, 5) is 11.2. The number of carbonyl (C=O) groups is 1. The Hall–Kier alpha value is -0.980. The van der Waals surface area contributed by atoms with E-state index < -0.39 is 18.0 Å². The van der Waals surface area contributed by atoms with E-state index in [1.807, 2.05) is 13.8 Å². The van der Waals surface area contributed by atoms with Crippen molar-refractivity contribution in [1.29, 1.82) is 5.41 Å². The highest BCUT2D eigenvalue weighted by molar-refractivity contribution is 5.94. The van der Waals surface area contributed by atoms with Crippen LogP contribution in [-0.2, 0) is 9.53 Å². The lowest BCUT2D eigenvalue weighted by atomic mass is 10.0. The topological polar surface area (TPSA) is 114 Å². The van der Waals surface area contributed by atoms with Crippen molar-refractivity contribution in [2.75, 3.05) is 19.8 Å². The monoisotopic (exact) mass is 230 g/mol. The Morgan fingerprint density at radius 1 is 1.50 bits per heavy atom. The van der Waals surface area contributed by atoms with E-state index in [0.717, 1.165) is 0 Å². The lowest BCUT2D eigenvalue weighted by molar-refractivity contribution is -0.120. The highest BCUT2D eigenvalue weighted by Crippen LogP contribution is 1.96. The Bertz CT molecular complexity index is 233. The molecule has 0 rings (SSSR count). The molecule has 0 fully saturated rings. The van der Waals surface area contributed by atoms with Crippen molar-refractivity contribution in [2.24, 2.45) is 11.5 Å². The highest BCUT2D eigenvalue weighted by Gasteiger charge is 2.25. The Balaban J connectivity index is 4.16. The summed E-state index contributed by atoms with van der Waals surface area (Å²) in [7, 11) is 0. The molecule has 0 aliphatic rings. The molecule has 0 aromatic rings. The van der Waals surface area contributed by atoms with Crippen LogP contribution in [0.4, 0.5) is 0 Å². The second-order valence-electron chi connectivity index (χ2n) is 3.44. The number of nitrogens with two attached hydrogens (primary N) is 2. The molecule has 0 radical (unpaired) electrons. The number of ether oxygens (including phenoxy) is 1. The Morgan fingerprint density at radius 2 is 2.12 bits per heavy atom. The van der Waals surface area contributed by atoms with Gasteiger partial charge in [-0.25, -0.2) is 0 Å². The average Bonchev–Trinajstić information content (AvgIpc) is 2.26. The van der Waals surface area contributed by atoms with Gasteiger partial charge in [0, 0.05) is 18.9 Å². The molecule has 0 saturated heterocycles. The number of hydrogen-bond donors (Lipinski definition) is 4. The second-order valence-corrected chi connectivity index (χ2v) is 3.44. The van der Waals surface area contributed by atoms with E-state index >= 15 is 0 Å². The molecule has 16 heavy (non-hydrogen) atoms. The van der Waals surface area contributed by atoms with E-state index in [1.165, 1.54) is 0 Å². The summed E-state index contributed by atoms with van der Waals surface area (Å²) >= 11 is 0. The number of carbonyl (C=O) groups excluding carboxylic acids is 1. The van der Waals surface area contributed by atoms with Gasteiger partial charge in [-0.15, -0.1) is 0 Å². The molecule has 0 heterocycles. The Labute approximate surface area is 96.2 Å². The molecule has 0 saturated carbocycles. The number of rotatable bonds is 9. The fourth-order valence-electron chi connectivity index (χ4n) is 1.27. The molecule has 0 aliphatic heterocycles. The average molecular weight is 230 g/mol. The van der Waals surface area contributed by atoms with Crippen LogP contribution in [0.1, 0.15) is 20.3 Å². The van der Waals surface area contributed by atoms with Gasteiger partial charge in [0.1, 0.15) is 6.04 Å². The SMILES string of the molecule is CCOCCNC(C(N)=O)C(N)C(=N)CC. The van der Waals surface area contributed by atoms with Gasteiger partial charge in [-0.2, -0.15) is 0 Å². The first kappa shape index (κ1) is 15.0. The molecule has 6 N–H and O–H groups in total. The summed E-state index contributed by atoms with van der Waals surface area (Å²) in [6.45, 7) is 5.32. The quantitative estimate of drug-likeness (QED) is 0.307. The summed E-state index contributed by atoms with van der Waals surface area (Å²) in [5.74, 6) is -0.540. The van der Waals surface area contributed by atoms with Crippen molar-refractivity contribution in [3.63, 3.8) is 0 Å². The third-order valence-corrected chi connectivity index (χ3v) is 2.26. The first-order chi connectivity index (χ1) is 7.54. The van der Waals surface area contributed by atoms with Crippen LogP contribution in [0.15, 0.2) is 0 Å². The van der Waals surface area contributed by atoms with Crippen LogP contribution < -0.4 is 16.8 Å². The minimum atomic E-state index is -0.701. The van der Waals surface area contributed by atoms with Crippen molar-refractivity contribution in [3.8, 4) is 0 Å². The van der Waals surface area contributed by atoms with Crippen molar-refractivity contribution in [3.05, 3.63) is 0 Å². The predicted octanol–water partition coefficient (Wildman–Crippen LogP) is -0.777. The number of hydrogen-bond acceptors (Lipinski definition) is 5. The van der Waals surface area contributed by atoms with E-state index in [1.54, 1.807) is 0 Å². The second kappa shape index (κ2) is 8.20. The Kier molecular flexibility index (Phi) is 7.70. The summed E-state index contributed by atoms with van der Waals surface area (Å²) in [5.41, 5.74) is 11.3. The molecule has 0 aliphatic carbocycles. The normalized spacial score (nSPS) is 14.4. The van der Waals surface area contributed by atoms with Crippen molar-refractivity contribution in [2.45, 2.75) is 32.4 Å². The van der Waals surface area contributed by atoms with Gasteiger partial charge >= 0.3 is 0 Å². The molecule has 0 bridgehead atoms. The van der Waals surface area contributed by atoms with Gasteiger partial charge < -0.3 is 26.9 Å². The zero-order chi connectivity index (χ0) is 12.6. The number of nitrogens with one attached hydrogen (secondary N) is 2. The van der Waals surface area contributed by atoms with Crippen molar-refractivity contribution < 1.29 is 9.53 Å². The van der Waals surface area contributed by atoms with Crippen LogP contribution in [0.25, 0.3) is 0 Å². The molecule has 0 spiro atoms. The fourth-order valence-corrected chi connectivity index (χ4v) is 1.27. The molecule has 6 heteroatoms. The van der Waals surface area contributed by atoms with Gasteiger partial charge in [0.2, 0.25) is 5.91 Å². The molecule has 2 atom stereocenters. The van der Waals surface area contributed by atoms with E-state index in [2.05, 4.69) is 5.32 Å². The van der Waals surface area contributed by atoms with Crippen molar-refractivity contribution in [1.82, 2.24) is 5.32 Å². The van der Waals surface area contributed by atoms with E-state index in [0.29, 0.717) is 31.9 Å². The van der Waals surface area contributed by atoms with Gasteiger partial charge in [0.05, 0.1) is 12.6 Å². The highest BCUT2D eigenvalue weighted by atomic mass is 16.5. The van der Waals surface area contributed by atoms with Crippen LogP contribution in [0.3, 0.4) is 0 Å². The zero-order valence-electron chi connectivity index (χ0n) is 9.95. The van der Waals surface area contributed by atoms with E-state index in [4.69, 9.17) is 21.6 Å². The van der Waals surface area contributed by atoms with Crippen LogP contribution in [0.2, 0.25) is 0 Å². The Morgan fingerprint density at radius 3 is 2.56 bits per heavy atom. The van der Waals surface area contributed by atoms with Crippen LogP contribution in [-0.4, -0.2) is 43.5 Å². The molecule has 0 aromatic heterocycles. The lowest BCUT2D eigenvalue weighted by Gasteiger charge is -2.22. The van der Waals surface area contributed by atoms with Gasteiger partial charge in [0.25, 0.3) is 0 Å². The van der Waals surface area contributed by atoms with E-state index in [-0.39, 0.29) is 0 Å². The van der Waals surface area contributed by atoms with Gasteiger partial charge in [-0.05, 0) is 13.3 Å². The largest absolute Gasteiger partial charge is 0.380 e. The molecule has 6 nitrogen and oxygen atoms in total. The number of amides is 1. The van der Waals surface area contributed by atoms with Gasteiger partial charge in [-0.3, -0.25) is 4.79 Å². The van der Waals surface area contributed by atoms with E-state index in [9.17, 15) is 4.79 Å². The summed E-state index contributed by atoms with van der Waals surface area (Å²) in [6, 6.07) is -1.36. The molecule has 1 amide bonds. The number of primary amides is 1. The van der Waals surface area contributed by atoms with Crippen LogP contribution in [0.5, 0.6) is 0 Å². The summed E-state index contributed by atoms with van der Waals surface area (Å²) in [6.07, 6.45) is 0.512. The maximum atomic E-state index is 11.2. The first-order valence-electron chi connectivity index (χ1n) is 5.47. The summed E-state index contributed by atoms with van der Waals surface area (Å²) < 4.78 is 5.12. The third-order valence-electron chi connectivity index (χ3n) is 2.26. The maximum absolute atomic E-state index is 11.2. The standard InChI is InChI=1S/C10H22N4O2/c1-3-7(11)8(12)9(10(13)15)14-5-6-16-4-2/h8-9,11,14H,3-6,12H2,1-2H3,(H2,13,15). The molecule has 2 unspecified atom stereocenters. The molecular formula is C10H22N4O2. The minimum absolute atomic E-state index is 0.313. The maximum Gasteiger partial charge on any atom is 0.236 e. The first-order valence-corrected chi connectivity index (χ1v) is 5.47. The molecular weight excluding hydrogens is 208 g/mol.